The highest BCUT2D eigenvalue weighted by atomic mass is 79.9. The lowest BCUT2D eigenvalue weighted by Crippen LogP contribution is -2.35. The molecule has 0 bridgehead atoms. The Bertz CT molecular complexity index is 756. The van der Waals surface area contributed by atoms with Gasteiger partial charge in [0, 0.05) is 19.2 Å². The van der Waals surface area contributed by atoms with E-state index in [4.69, 9.17) is 4.74 Å². The number of carbonyl (C=O) groups is 1. The largest absolute Gasteiger partial charge is 0.444 e. The van der Waals surface area contributed by atoms with E-state index in [9.17, 15) is 9.18 Å². The molecular formula is C15H18BrFN4O2. The Morgan fingerprint density at radius 1 is 1.43 bits per heavy atom. The van der Waals surface area contributed by atoms with Crippen molar-refractivity contribution in [3.05, 3.63) is 22.4 Å². The first-order valence-corrected chi connectivity index (χ1v) is 8.22. The summed E-state index contributed by atoms with van der Waals surface area (Å²) in [4.78, 5) is 13.8. The highest BCUT2D eigenvalue weighted by Crippen LogP contribution is 2.29. The van der Waals surface area contributed by atoms with Gasteiger partial charge in [-0.1, -0.05) is 5.21 Å². The SMILES string of the molecule is CC(C)(C)OC(=O)N1CCC(n2nnc3c(Br)cc(F)cc32)C1. The molecule has 1 saturated heterocycles. The summed E-state index contributed by atoms with van der Waals surface area (Å²) in [7, 11) is 0. The van der Waals surface area contributed by atoms with Crippen LogP contribution in [0.15, 0.2) is 16.6 Å². The molecule has 1 fully saturated rings. The molecule has 1 amide bonds. The minimum absolute atomic E-state index is 0.0405. The fraction of sp³-hybridized carbons (Fsp3) is 0.533. The molecule has 6 nitrogen and oxygen atoms in total. The first kappa shape index (κ1) is 16.2. The average molecular weight is 385 g/mol. The van der Waals surface area contributed by atoms with Crippen molar-refractivity contribution in [2.75, 3.05) is 13.1 Å². The molecule has 0 N–H and O–H groups in total. The number of likely N-dealkylation sites (tertiary alicyclic amines) is 1. The normalized spacial score (nSPS) is 18.7. The average Bonchev–Trinajstić information content (AvgIpc) is 3.01. The Morgan fingerprint density at radius 2 is 2.17 bits per heavy atom. The second-order valence-corrected chi connectivity index (χ2v) is 7.51. The molecular weight excluding hydrogens is 367 g/mol. The van der Waals surface area contributed by atoms with Gasteiger partial charge in [-0.15, -0.1) is 5.10 Å². The van der Waals surface area contributed by atoms with E-state index >= 15 is 0 Å². The molecule has 1 aromatic heterocycles. The first-order valence-electron chi connectivity index (χ1n) is 7.42. The van der Waals surface area contributed by atoms with Crippen LogP contribution in [-0.2, 0) is 4.74 Å². The lowest BCUT2D eigenvalue weighted by molar-refractivity contribution is 0.0288. The van der Waals surface area contributed by atoms with E-state index < -0.39 is 5.60 Å². The van der Waals surface area contributed by atoms with E-state index in [-0.39, 0.29) is 18.0 Å². The van der Waals surface area contributed by atoms with Crippen LogP contribution in [0.3, 0.4) is 0 Å². The van der Waals surface area contributed by atoms with E-state index in [1.807, 2.05) is 20.8 Å². The Hall–Kier alpha value is -1.70. The maximum Gasteiger partial charge on any atom is 0.410 e. The summed E-state index contributed by atoms with van der Waals surface area (Å²) in [5.41, 5.74) is 0.707. The summed E-state index contributed by atoms with van der Waals surface area (Å²) in [6.07, 6.45) is 0.392. The van der Waals surface area contributed by atoms with Gasteiger partial charge in [-0.3, -0.25) is 0 Å². The van der Waals surface area contributed by atoms with E-state index in [1.54, 1.807) is 9.58 Å². The number of hydrogen-bond acceptors (Lipinski definition) is 4. The molecule has 0 saturated carbocycles. The second kappa shape index (κ2) is 5.74. The molecule has 2 aromatic rings. The van der Waals surface area contributed by atoms with Gasteiger partial charge in [-0.25, -0.2) is 13.9 Å². The third-order valence-electron chi connectivity index (χ3n) is 3.66. The summed E-state index contributed by atoms with van der Waals surface area (Å²) < 4.78 is 21.3. The highest BCUT2D eigenvalue weighted by Gasteiger charge is 2.32. The minimum atomic E-state index is -0.525. The first-order chi connectivity index (χ1) is 10.7. The number of carbonyl (C=O) groups excluding carboxylic acids is 1. The molecule has 1 unspecified atom stereocenters. The van der Waals surface area contributed by atoms with Crippen molar-refractivity contribution < 1.29 is 13.9 Å². The number of nitrogens with zero attached hydrogens (tertiary/aromatic N) is 4. The van der Waals surface area contributed by atoms with E-state index in [0.717, 1.165) is 6.42 Å². The number of hydrogen-bond donors (Lipinski definition) is 0. The van der Waals surface area contributed by atoms with Crippen molar-refractivity contribution in [2.45, 2.75) is 38.8 Å². The van der Waals surface area contributed by atoms with Crippen LogP contribution in [-0.4, -0.2) is 44.7 Å². The number of ether oxygens (including phenoxy) is 1. The predicted octanol–water partition coefficient (Wildman–Crippen LogP) is 3.51. The monoisotopic (exact) mass is 384 g/mol. The number of aromatic nitrogens is 3. The van der Waals surface area contributed by atoms with Crippen molar-refractivity contribution in [3.63, 3.8) is 0 Å². The van der Waals surface area contributed by atoms with E-state index in [0.29, 0.717) is 28.6 Å². The fourth-order valence-corrected chi connectivity index (χ4v) is 3.17. The van der Waals surface area contributed by atoms with Gasteiger partial charge in [-0.2, -0.15) is 0 Å². The zero-order valence-corrected chi connectivity index (χ0v) is 14.8. The van der Waals surface area contributed by atoms with Crippen molar-refractivity contribution >= 4 is 33.1 Å². The van der Waals surface area contributed by atoms with Gasteiger partial charge in [0.2, 0.25) is 0 Å². The van der Waals surface area contributed by atoms with Crippen LogP contribution in [0.2, 0.25) is 0 Å². The molecule has 1 aliphatic rings. The van der Waals surface area contributed by atoms with Crippen molar-refractivity contribution in [3.8, 4) is 0 Å². The molecule has 8 heteroatoms. The zero-order chi connectivity index (χ0) is 16.8. The fourth-order valence-electron chi connectivity index (χ4n) is 2.67. The summed E-state index contributed by atoms with van der Waals surface area (Å²) in [6, 6.07) is 2.74. The molecule has 0 radical (unpaired) electrons. The maximum atomic E-state index is 13.6. The van der Waals surface area contributed by atoms with Crippen LogP contribution in [0, 0.1) is 5.82 Å². The van der Waals surface area contributed by atoms with Crippen molar-refractivity contribution in [1.29, 1.82) is 0 Å². The Labute approximate surface area is 141 Å². The van der Waals surface area contributed by atoms with Crippen LogP contribution >= 0.6 is 15.9 Å². The third kappa shape index (κ3) is 3.31. The molecule has 0 spiro atoms. The molecule has 1 aromatic carbocycles. The molecule has 2 heterocycles. The number of benzene rings is 1. The van der Waals surface area contributed by atoms with E-state index in [1.165, 1.54) is 12.1 Å². The molecule has 1 aliphatic heterocycles. The maximum absolute atomic E-state index is 13.6. The van der Waals surface area contributed by atoms with Crippen molar-refractivity contribution in [1.82, 2.24) is 19.9 Å². The van der Waals surface area contributed by atoms with Gasteiger partial charge in [0.15, 0.2) is 0 Å². The summed E-state index contributed by atoms with van der Waals surface area (Å²) in [5.74, 6) is -0.352. The molecule has 23 heavy (non-hydrogen) atoms. The quantitative estimate of drug-likeness (QED) is 0.754. The number of rotatable bonds is 1. The number of amides is 1. The van der Waals surface area contributed by atoms with Gasteiger partial charge in [0.25, 0.3) is 0 Å². The van der Waals surface area contributed by atoms with Gasteiger partial charge < -0.3 is 9.64 Å². The summed E-state index contributed by atoms with van der Waals surface area (Å²) >= 11 is 3.30. The van der Waals surface area contributed by atoms with Gasteiger partial charge in [-0.05, 0) is 49.2 Å². The highest BCUT2D eigenvalue weighted by molar-refractivity contribution is 9.10. The second-order valence-electron chi connectivity index (χ2n) is 6.66. The molecule has 124 valence electrons. The van der Waals surface area contributed by atoms with E-state index in [2.05, 4.69) is 26.2 Å². The Kier molecular flexibility index (Phi) is 4.03. The molecule has 1 atom stereocenters. The minimum Gasteiger partial charge on any atom is -0.444 e. The van der Waals surface area contributed by atoms with Gasteiger partial charge in [0.1, 0.15) is 16.9 Å². The molecule has 0 aliphatic carbocycles. The summed E-state index contributed by atoms with van der Waals surface area (Å²) in [6.45, 7) is 6.57. The smallest absolute Gasteiger partial charge is 0.410 e. The number of fused-ring (bicyclic) bond motifs is 1. The lowest BCUT2D eigenvalue weighted by Gasteiger charge is -2.24. The predicted molar refractivity (Wildman–Crippen MR) is 86.6 cm³/mol. The third-order valence-corrected chi connectivity index (χ3v) is 4.26. The van der Waals surface area contributed by atoms with Crippen LogP contribution in [0.4, 0.5) is 9.18 Å². The topological polar surface area (TPSA) is 60.2 Å². The van der Waals surface area contributed by atoms with Crippen LogP contribution < -0.4 is 0 Å². The standard InChI is InChI=1S/C15H18BrFN4O2/c1-15(2,3)23-14(22)20-5-4-10(8-20)21-12-7-9(17)6-11(16)13(12)18-19-21/h6-7,10H,4-5,8H2,1-3H3. The lowest BCUT2D eigenvalue weighted by atomic mass is 10.2. The van der Waals surface area contributed by atoms with Crippen molar-refractivity contribution in [2.24, 2.45) is 0 Å². The Morgan fingerprint density at radius 3 is 2.87 bits per heavy atom. The summed E-state index contributed by atoms with van der Waals surface area (Å²) in [5, 5.41) is 8.24. The van der Waals surface area contributed by atoms with Crippen LogP contribution in [0.25, 0.3) is 11.0 Å². The Balaban J connectivity index is 1.81. The van der Waals surface area contributed by atoms with Crippen LogP contribution in [0.1, 0.15) is 33.2 Å². The van der Waals surface area contributed by atoms with Gasteiger partial charge >= 0.3 is 6.09 Å². The number of halogens is 2. The van der Waals surface area contributed by atoms with Gasteiger partial charge in [0.05, 0.1) is 16.0 Å². The van der Waals surface area contributed by atoms with Crippen LogP contribution in [0.5, 0.6) is 0 Å². The zero-order valence-electron chi connectivity index (χ0n) is 13.2. The molecule has 3 rings (SSSR count).